The van der Waals surface area contributed by atoms with Crippen molar-refractivity contribution >= 4 is 46.8 Å². The van der Waals surface area contributed by atoms with Crippen molar-refractivity contribution in [3.63, 3.8) is 0 Å². The highest BCUT2D eigenvalue weighted by atomic mass is 32.2. The summed E-state index contributed by atoms with van der Waals surface area (Å²) < 4.78 is 13.4. The number of aromatic carboxylic acids is 1. The summed E-state index contributed by atoms with van der Waals surface area (Å²) in [5.74, 6) is -0.871. The molecule has 2 aromatic heterocycles. The molecule has 10 heteroatoms. The van der Waals surface area contributed by atoms with Crippen molar-refractivity contribution < 1.29 is 23.8 Å². The fourth-order valence-electron chi connectivity index (χ4n) is 5.13. The van der Waals surface area contributed by atoms with Crippen LogP contribution in [0.4, 0.5) is 0 Å². The van der Waals surface area contributed by atoms with Crippen LogP contribution in [-0.2, 0) is 9.53 Å². The zero-order chi connectivity index (χ0) is 30.8. The van der Waals surface area contributed by atoms with Crippen LogP contribution < -0.4 is 14.9 Å². The molecule has 0 fully saturated rings. The number of thiazole rings is 1. The highest BCUT2D eigenvalue weighted by Crippen LogP contribution is 2.36. The van der Waals surface area contributed by atoms with E-state index in [4.69, 9.17) is 14.1 Å². The molecular weight excluding hydrogens is 597 g/mol. The number of rotatable bonds is 8. The van der Waals surface area contributed by atoms with E-state index in [1.54, 1.807) is 55.1 Å². The molecule has 1 N–H and O–H groups in total. The van der Waals surface area contributed by atoms with Crippen LogP contribution in [0.25, 0.3) is 23.1 Å². The summed E-state index contributed by atoms with van der Waals surface area (Å²) in [6.45, 7) is 1.91. The van der Waals surface area contributed by atoms with Crippen LogP contribution in [0.15, 0.2) is 116 Å². The van der Waals surface area contributed by atoms with Crippen molar-refractivity contribution in [2.24, 2.45) is 4.99 Å². The molecule has 220 valence electrons. The monoisotopic (exact) mass is 622 g/mol. The second kappa shape index (κ2) is 12.4. The summed E-state index contributed by atoms with van der Waals surface area (Å²) in [7, 11) is 0. The van der Waals surface area contributed by atoms with Gasteiger partial charge >= 0.3 is 11.9 Å². The second-order valence-corrected chi connectivity index (χ2v) is 11.6. The first kappa shape index (κ1) is 29.2. The highest BCUT2D eigenvalue weighted by Gasteiger charge is 2.35. The molecule has 0 bridgehead atoms. The molecule has 0 spiro atoms. The summed E-state index contributed by atoms with van der Waals surface area (Å²) in [6.07, 6.45) is 3.59. The molecule has 3 aromatic carbocycles. The number of benzene rings is 3. The number of furan rings is 1. The van der Waals surface area contributed by atoms with Crippen molar-refractivity contribution in [2.45, 2.75) is 17.9 Å². The van der Waals surface area contributed by atoms with E-state index in [-0.39, 0.29) is 23.3 Å². The molecule has 8 nitrogen and oxygen atoms in total. The summed E-state index contributed by atoms with van der Waals surface area (Å²) in [5, 5.41) is 9.60. The van der Waals surface area contributed by atoms with Gasteiger partial charge in [0.05, 0.1) is 34.0 Å². The highest BCUT2D eigenvalue weighted by molar-refractivity contribution is 7.98. The lowest BCUT2D eigenvalue weighted by atomic mass is 9.93. The van der Waals surface area contributed by atoms with Crippen LogP contribution in [0.3, 0.4) is 0 Å². The van der Waals surface area contributed by atoms with E-state index in [0.717, 1.165) is 16.0 Å². The molecule has 6 rings (SSSR count). The standard InChI is InChI=1S/C34H26N2O6S2/c1-3-41-33(40)28-29(20-9-5-4-6-10-20)35-34-36(30(28)21-13-16-23(43-2)17-14-21)31(37)27(44-34)19-22-15-18-26(42-22)24-11-7-8-12-25(24)32(38)39/h4-19,30H,3H2,1-2H3,(H,38,39)/b27-19-/t30-/m0/s1. The Labute approximate surface area is 260 Å². The van der Waals surface area contributed by atoms with Gasteiger partial charge in [0.15, 0.2) is 4.80 Å². The number of thioether (sulfide) groups is 1. The largest absolute Gasteiger partial charge is 0.478 e. The number of carboxylic acids is 1. The van der Waals surface area contributed by atoms with Gasteiger partial charge in [-0.25, -0.2) is 14.6 Å². The normalized spacial score (nSPS) is 14.7. The number of carboxylic acid groups (broad SMARTS) is 1. The van der Waals surface area contributed by atoms with Gasteiger partial charge in [0.1, 0.15) is 11.5 Å². The molecule has 1 aliphatic rings. The maximum atomic E-state index is 14.1. The predicted octanol–water partition coefficient (Wildman–Crippen LogP) is 5.62. The minimum absolute atomic E-state index is 0.111. The van der Waals surface area contributed by atoms with E-state index in [9.17, 15) is 19.5 Å². The Morgan fingerprint density at radius 1 is 1.02 bits per heavy atom. The van der Waals surface area contributed by atoms with Crippen molar-refractivity contribution in [3.8, 4) is 11.3 Å². The van der Waals surface area contributed by atoms with Gasteiger partial charge in [0.2, 0.25) is 0 Å². The van der Waals surface area contributed by atoms with Crippen LogP contribution in [0.5, 0.6) is 0 Å². The number of aromatic nitrogens is 1. The molecule has 0 saturated carbocycles. The number of ether oxygens (including phenoxy) is 1. The van der Waals surface area contributed by atoms with E-state index in [1.807, 2.05) is 60.9 Å². The fraction of sp³-hybridized carbons (Fsp3) is 0.118. The zero-order valence-corrected chi connectivity index (χ0v) is 25.4. The summed E-state index contributed by atoms with van der Waals surface area (Å²) >= 11 is 2.78. The SMILES string of the molecule is CCOC(=O)C1=C(c2ccccc2)N=c2s/c(=C\c3ccc(-c4ccccc4C(=O)O)o3)c(=O)n2[C@H]1c1ccc(SC)cc1. The Hall–Kier alpha value is -4.93. The number of fused-ring (bicyclic) bond motifs is 1. The van der Waals surface area contributed by atoms with Crippen LogP contribution in [0.2, 0.25) is 0 Å². The minimum atomic E-state index is -1.07. The molecule has 0 radical (unpaired) electrons. The van der Waals surface area contributed by atoms with E-state index in [0.29, 0.717) is 32.1 Å². The molecule has 5 aromatic rings. The molecule has 3 heterocycles. The molecule has 0 aliphatic carbocycles. The molecular formula is C34H26N2O6S2. The van der Waals surface area contributed by atoms with Gasteiger partial charge < -0.3 is 14.3 Å². The first-order chi connectivity index (χ1) is 21.4. The van der Waals surface area contributed by atoms with Crippen molar-refractivity contribution in [2.75, 3.05) is 12.9 Å². The third-order valence-corrected chi connectivity index (χ3v) is 8.85. The Morgan fingerprint density at radius 2 is 1.75 bits per heavy atom. The molecule has 0 saturated heterocycles. The predicted molar refractivity (Wildman–Crippen MR) is 170 cm³/mol. The minimum Gasteiger partial charge on any atom is -0.478 e. The number of hydrogen-bond acceptors (Lipinski definition) is 8. The molecule has 0 unspecified atom stereocenters. The maximum absolute atomic E-state index is 14.1. The Kier molecular flexibility index (Phi) is 8.19. The molecule has 0 amide bonds. The van der Waals surface area contributed by atoms with Crippen LogP contribution in [0.1, 0.15) is 40.2 Å². The van der Waals surface area contributed by atoms with Crippen LogP contribution in [-0.4, -0.2) is 34.5 Å². The van der Waals surface area contributed by atoms with Gasteiger partial charge in [-0.15, -0.1) is 11.8 Å². The number of carbonyl (C=O) groups excluding carboxylic acids is 1. The van der Waals surface area contributed by atoms with Gasteiger partial charge in [-0.1, -0.05) is 72.0 Å². The van der Waals surface area contributed by atoms with Gasteiger partial charge in [-0.2, -0.15) is 0 Å². The molecule has 1 aliphatic heterocycles. The first-order valence-electron chi connectivity index (χ1n) is 13.7. The topological polar surface area (TPSA) is 111 Å². The maximum Gasteiger partial charge on any atom is 0.338 e. The van der Waals surface area contributed by atoms with E-state index >= 15 is 0 Å². The quantitative estimate of drug-likeness (QED) is 0.177. The summed E-state index contributed by atoms with van der Waals surface area (Å²) in [4.78, 5) is 45.8. The Balaban J connectivity index is 1.55. The average Bonchev–Trinajstić information content (AvgIpc) is 3.64. The van der Waals surface area contributed by atoms with Crippen molar-refractivity contribution in [3.05, 3.63) is 139 Å². The molecule has 1 atom stereocenters. The Bertz CT molecular complexity index is 2090. The smallest absolute Gasteiger partial charge is 0.338 e. The van der Waals surface area contributed by atoms with Gasteiger partial charge in [0.25, 0.3) is 5.56 Å². The molecule has 44 heavy (non-hydrogen) atoms. The third kappa shape index (κ3) is 5.45. The van der Waals surface area contributed by atoms with Gasteiger partial charge in [-0.3, -0.25) is 9.36 Å². The lowest BCUT2D eigenvalue weighted by Gasteiger charge is -2.26. The lowest BCUT2D eigenvalue weighted by Crippen LogP contribution is -2.40. The third-order valence-electron chi connectivity index (χ3n) is 7.13. The average molecular weight is 623 g/mol. The van der Waals surface area contributed by atoms with E-state index in [2.05, 4.69) is 0 Å². The second-order valence-electron chi connectivity index (χ2n) is 9.76. The van der Waals surface area contributed by atoms with E-state index in [1.165, 1.54) is 22.0 Å². The summed E-state index contributed by atoms with van der Waals surface area (Å²) in [6, 6.07) is 26.3. The summed E-state index contributed by atoms with van der Waals surface area (Å²) in [5.41, 5.74) is 2.40. The zero-order valence-electron chi connectivity index (χ0n) is 23.7. The number of nitrogens with zero attached hydrogens (tertiary/aromatic N) is 2. The van der Waals surface area contributed by atoms with Crippen molar-refractivity contribution in [1.29, 1.82) is 0 Å². The van der Waals surface area contributed by atoms with E-state index < -0.39 is 18.0 Å². The van der Waals surface area contributed by atoms with Crippen LogP contribution >= 0.6 is 23.1 Å². The van der Waals surface area contributed by atoms with Crippen molar-refractivity contribution in [1.82, 2.24) is 4.57 Å². The number of carbonyl (C=O) groups is 2. The number of esters is 1. The fourth-order valence-corrected chi connectivity index (χ4v) is 6.52. The Morgan fingerprint density at radius 3 is 2.45 bits per heavy atom. The van der Waals surface area contributed by atoms with Crippen LogP contribution in [0, 0.1) is 0 Å². The first-order valence-corrected chi connectivity index (χ1v) is 15.8. The number of hydrogen-bond donors (Lipinski definition) is 1. The van der Waals surface area contributed by atoms with Gasteiger partial charge in [0, 0.05) is 22.1 Å². The lowest BCUT2D eigenvalue weighted by molar-refractivity contribution is -0.138. The van der Waals surface area contributed by atoms with Gasteiger partial charge in [-0.05, 0) is 49.1 Å².